The molecule has 0 fully saturated rings. The molecular weight excluding hydrogens is 374 g/mol. The molecule has 0 aliphatic rings. The predicted octanol–water partition coefficient (Wildman–Crippen LogP) is 4.36. The Labute approximate surface area is 156 Å². The molecule has 3 rings (SSSR count). The van der Waals surface area contributed by atoms with Gasteiger partial charge in [0, 0.05) is 16.3 Å². The SMILES string of the molecule is O=C(Nc1ccc(OS(=O)(=O)c2ccccc2)cc1)c1ccc(Cl)cc1. The summed E-state index contributed by atoms with van der Waals surface area (Å²) in [6.45, 7) is 0. The van der Waals surface area contributed by atoms with E-state index in [1.807, 2.05) is 0 Å². The van der Waals surface area contributed by atoms with Crippen LogP contribution in [0.2, 0.25) is 5.02 Å². The van der Waals surface area contributed by atoms with Gasteiger partial charge in [-0.15, -0.1) is 0 Å². The first kappa shape index (κ1) is 18.0. The minimum atomic E-state index is -3.90. The van der Waals surface area contributed by atoms with Crippen LogP contribution in [-0.4, -0.2) is 14.3 Å². The summed E-state index contributed by atoms with van der Waals surface area (Å²) in [5.74, 6) is -0.148. The first-order chi connectivity index (χ1) is 12.4. The lowest BCUT2D eigenvalue weighted by molar-refractivity contribution is 0.102. The summed E-state index contributed by atoms with van der Waals surface area (Å²) in [7, 11) is -3.90. The summed E-state index contributed by atoms with van der Waals surface area (Å²) in [5, 5.41) is 3.26. The normalized spacial score (nSPS) is 11.0. The molecule has 0 saturated heterocycles. The highest BCUT2D eigenvalue weighted by Gasteiger charge is 2.16. The monoisotopic (exact) mass is 387 g/mol. The fourth-order valence-corrected chi connectivity index (χ4v) is 3.24. The Bertz CT molecular complexity index is 1000. The molecule has 0 heterocycles. The van der Waals surface area contributed by atoms with Gasteiger partial charge >= 0.3 is 10.1 Å². The van der Waals surface area contributed by atoms with Crippen LogP contribution in [0.4, 0.5) is 5.69 Å². The smallest absolute Gasteiger partial charge is 0.339 e. The molecule has 0 radical (unpaired) electrons. The zero-order chi connectivity index (χ0) is 18.6. The highest BCUT2D eigenvalue weighted by molar-refractivity contribution is 7.87. The lowest BCUT2D eigenvalue weighted by atomic mass is 10.2. The number of carbonyl (C=O) groups excluding carboxylic acids is 1. The third-order valence-electron chi connectivity index (χ3n) is 3.46. The van der Waals surface area contributed by atoms with Crippen LogP contribution in [0.25, 0.3) is 0 Å². The van der Waals surface area contributed by atoms with Gasteiger partial charge in [0.05, 0.1) is 0 Å². The molecule has 3 aromatic rings. The molecule has 0 aliphatic heterocycles. The minimum Gasteiger partial charge on any atom is -0.379 e. The van der Waals surface area contributed by atoms with Crippen LogP contribution in [0.5, 0.6) is 5.75 Å². The summed E-state index contributed by atoms with van der Waals surface area (Å²) in [4.78, 5) is 12.2. The van der Waals surface area contributed by atoms with Crippen molar-refractivity contribution in [3.8, 4) is 5.75 Å². The molecule has 0 spiro atoms. The second-order valence-electron chi connectivity index (χ2n) is 5.34. The average Bonchev–Trinajstić information content (AvgIpc) is 2.64. The summed E-state index contributed by atoms with van der Waals surface area (Å²) < 4.78 is 29.4. The Kier molecular flexibility index (Phi) is 5.25. The second-order valence-corrected chi connectivity index (χ2v) is 7.32. The number of rotatable bonds is 5. The molecule has 132 valence electrons. The maximum absolute atomic E-state index is 12.2. The molecule has 0 aromatic heterocycles. The highest BCUT2D eigenvalue weighted by Crippen LogP contribution is 2.21. The molecular formula is C19H14ClNO4S. The lowest BCUT2D eigenvalue weighted by Crippen LogP contribution is -2.12. The van der Waals surface area contributed by atoms with Gasteiger partial charge in [0.2, 0.25) is 0 Å². The van der Waals surface area contributed by atoms with Crippen molar-refractivity contribution in [2.45, 2.75) is 4.90 Å². The van der Waals surface area contributed by atoms with Gasteiger partial charge in [-0.25, -0.2) is 0 Å². The minimum absolute atomic E-state index is 0.0696. The quantitative estimate of drug-likeness (QED) is 0.660. The van der Waals surface area contributed by atoms with Gasteiger partial charge < -0.3 is 9.50 Å². The first-order valence-electron chi connectivity index (χ1n) is 7.60. The molecule has 1 N–H and O–H groups in total. The van der Waals surface area contributed by atoms with E-state index in [-0.39, 0.29) is 16.6 Å². The van der Waals surface area contributed by atoms with Crippen molar-refractivity contribution >= 4 is 33.3 Å². The molecule has 7 heteroatoms. The van der Waals surface area contributed by atoms with E-state index < -0.39 is 10.1 Å². The van der Waals surface area contributed by atoms with E-state index in [0.717, 1.165) is 0 Å². The van der Waals surface area contributed by atoms with Crippen molar-refractivity contribution in [2.75, 3.05) is 5.32 Å². The number of hydrogen-bond acceptors (Lipinski definition) is 4. The van der Waals surface area contributed by atoms with Crippen LogP contribution in [0.3, 0.4) is 0 Å². The summed E-state index contributed by atoms with van der Waals surface area (Å²) >= 11 is 5.80. The maximum Gasteiger partial charge on any atom is 0.339 e. The highest BCUT2D eigenvalue weighted by atomic mass is 35.5. The fourth-order valence-electron chi connectivity index (χ4n) is 2.16. The molecule has 0 bridgehead atoms. The molecule has 3 aromatic carbocycles. The molecule has 1 amide bonds. The average molecular weight is 388 g/mol. The molecule has 0 saturated carbocycles. The van der Waals surface area contributed by atoms with Crippen molar-refractivity contribution in [2.24, 2.45) is 0 Å². The first-order valence-corrected chi connectivity index (χ1v) is 9.39. The van der Waals surface area contributed by atoms with Crippen molar-refractivity contribution in [1.29, 1.82) is 0 Å². The summed E-state index contributed by atoms with van der Waals surface area (Å²) in [6.07, 6.45) is 0. The van der Waals surface area contributed by atoms with Crippen LogP contribution in [0.15, 0.2) is 83.8 Å². The predicted molar refractivity (Wildman–Crippen MR) is 100 cm³/mol. The maximum atomic E-state index is 12.2. The Morgan fingerprint density at radius 2 is 1.46 bits per heavy atom. The summed E-state index contributed by atoms with van der Waals surface area (Å²) in [5.41, 5.74) is 0.968. The van der Waals surface area contributed by atoms with Gasteiger partial charge in [0.25, 0.3) is 5.91 Å². The summed E-state index contributed by atoms with van der Waals surface area (Å²) in [6, 6.07) is 20.4. The van der Waals surface area contributed by atoms with E-state index in [9.17, 15) is 13.2 Å². The molecule has 5 nitrogen and oxygen atoms in total. The zero-order valence-electron chi connectivity index (χ0n) is 13.4. The Morgan fingerprint density at radius 3 is 2.08 bits per heavy atom. The second kappa shape index (κ2) is 7.59. The van der Waals surface area contributed by atoms with Crippen molar-refractivity contribution in [3.05, 3.63) is 89.4 Å². The van der Waals surface area contributed by atoms with E-state index in [1.54, 1.807) is 54.6 Å². The van der Waals surface area contributed by atoms with Gasteiger partial charge in [-0.05, 0) is 60.7 Å². The van der Waals surface area contributed by atoms with Crippen LogP contribution in [0, 0.1) is 0 Å². The van der Waals surface area contributed by atoms with Gasteiger partial charge in [-0.1, -0.05) is 29.8 Å². The van der Waals surface area contributed by atoms with Gasteiger partial charge in [0.1, 0.15) is 10.6 Å². The van der Waals surface area contributed by atoms with Crippen molar-refractivity contribution in [3.63, 3.8) is 0 Å². The van der Waals surface area contributed by atoms with Gasteiger partial charge in [0.15, 0.2) is 0 Å². The number of benzene rings is 3. The topological polar surface area (TPSA) is 72.5 Å². The van der Waals surface area contributed by atoms with Gasteiger partial charge in [-0.2, -0.15) is 8.42 Å². The van der Waals surface area contributed by atoms with E-state index in [1.165, 1.54) is 24.3 Å². The molecule has 0 atom stereocenters. The van der Waals surface area contributed by atoms with Crippen LogP contribution < -0.4 is 9.50 Å². The number of nitrogens with one attached hydrogen (secondary N) is 1. The largest absolute Gasteiger partial charge is 0.379 e. The standard InChI is InChI=1S/C19H14ClNO4S/c20-15-8-6-14(7-9-15)19(22)21-16-10-12-17(13-11-16)25-26(23,24)18-4-2-1-3-5-18/h1-13H,(H,21,22). The van der Waals surface area contributed by atoms with Crippen LogP contribution in [0.1, 0.15) is 10.4 Å². The third kappa shape index (κ3) is 4.41. The van der Waals surface area contributed by atoms with E-state index in [0.29, 0.717) is 16.3 Å². The van der Waals surface area contributed by atoms with E-state index in [2.05, 4.69) is 5.32 Å². The van der Waals surface area contributed by atoms with E-state index >= 15 is 0 Å². The Balaban J connectivity index is 1.69. The molecule has 0 unspecified atom stereocenters. The number of anilines is 1. The lowest BCUT2D eigenvalue weighted by Gasteiger charge is -2.09. The number of carbonyl (C=O) groups is 1. The number of hydrogen-bond donors (Lipinski definition) is 1. The Hall–Kier alpha value is -2.83. The fraction of sp³-hybridized carbons (Fsp3) is 0. The van der Waals surface area contributed by atoms with E-state index in [4.69, 9.17) is 15.8 Å². The van der Waals surface area contributed by atoms with Gasteiger partial charge in [-0.3, -0.25) is 4.79 Å². The van der Waals surface area contributed by atoms with Crippen molar-refractivity contribution < 1.29 is 17.4 Å². The number of amides is 1. The van der Waals surface area contributed by atoms with Crippen LogP contribution in [-0.2, 0) is 10.1 Å². The zero-order valence-corrected chi connectivity index (χ0v) is 15.0. The third-order valence-corrected chi connectivity index (χ3v) is 4.97. The molecule has 26 heavy (non-hydrogen) atoms. The van der Waals surface area contributed by atoms with Crippen molar-refractivity contribution in [1.82, 2.24) is 0 Å². The molecule has 0 aliphatic carbocycles. The number of halogens is 1. The Morgan fingerprint density at radius 1 is 0.846 bits per heavy atom. The van der Waals surface area contributed by atoms with Crippen LogP contribution >= 0.6 is 11.6 Å².